The molecule has 3 amide bonds. The third kappa shape index (κ3) is 3.72. The normalized spacial score (nSPS) is 38.6. The molecule has 2 saturated heterocycles. The van der Waals surface area contributed by atoms with Crippen LogP contribution in [-0.4, -0.2) is 85.5 Å². The van der Waals surface area contributed by atoms with Crippen LogP contribution in [-0.2, 0) is 14.8 Å². The van der Waals surface area contributed by atoms with Crippen LogP contribution in [0.25, 0.3) is 0 Å². The molecule has 0 unspecified atom stereocenters. The lowest BCUT2D eigenvalue weighted by Crippen LogP contribution is -2.58. The number of nitrogens with one attached hydrogen (secondary N) is 1. The summed E-state index contributed by atoms with van der Waals surface area (Å²) in [5.41, 5.74) is 0. The molecule has 2 heterocycles. The van der Waals surface area contributed by atoms with E-state index in [0.29, 0.717) is 37.5 Å². The third-order valence-electron chi connectivity index (χ3n) is 8.32. The molecule has 0 aromatic rings. The molecule has 0 aromatic heterocycles. The van der Waals surface area contributed by atoms with Crippen molar-refractivity contribution in [2.24, 2.45) is 23.7 Å². The van der Waals surface area contributed by atoms with Crippen molar-refractivity contribution in [2.45, 2.75) is 57.0 Å². The molecule has 168 valence electrons. The lowest BCUT2D eigenvalue weighted by molar-refractivity contribution is -0.129. The number of sulfonamides is 1. The number of hydrogen-bond donors (Lipinski definition) is 1. The number of hydrogen-bond acceptors (Lipinski definition) is 5. The van der Waals surface area contributed by atoms with E-state index in [1.807, 2.05) is 0 Å². The molecule has 8 nitrogen and oxygen atoms in total. The molecule has 4 saturated carbocycles. The molecule has 6 aliphatic rings. The van der Waals surface area contributed by atoms with Gasteiger partial charge in [-0.2, -0.15) is 0 Å². The molecular formula is C21H34N4O4S. The Balaban J connectivity index is 1.16. The second-order valence-electron chi connectivity index (χ2n) is 10.3. The van der Waals surface area contributed by atoms with Gasteiger partial charge in [0.1, 0.15) is 0 Å². The first-order chi connectivity index (χ1) is 14.3. The van der Waals surface area contributed by atoms with Crippen molar-refractivity contribution in [1.29, 1.82) is 0 Å². The molecule has 9 heteroatoms. The summed E-state index contributed by atoms with van der Waals surface area (Å²) in [4.78, 5) is 29.3. The lowest BCUT2D eigenvalue weighted by Gasteiger charge is -2.54. The molecule has 1 atom stereocenters. The number of carbonyl (C=O) groups excluding carboxylic acids is 2. The highest BCUT2D eigenvalue weighted by Crippen LogP contribution is 2.53. The second kappa shape index (κ2) is 7.65. The Morgan fingerprint density at radius 2 is 1.67 bits per heavy atom. The van der Waals surface area contributed by atoms with E-state index in [1.165, 1.54) is 32.1 Å². The molecule has 30 heavy (non-hydrogen) atoms. The average molecular weight is 439 g/mol. The van der Waals surface area contributed by atoms with E-state index in [2.05, 4.69) is 10.2 Å². The van der Waals surface area contributed by atoms with Crippen LogP contribution in [0.15, 0.2) is 0 Å². The van der Waals surface area contributed by atoms with Gasteiger partial charge in [-0.3, -0.25) is 9.69 Å². The minimum Gasteiger partial charge on any atom is -0.351 e. The summed E-state index contributed by atoms with van der Waals surface area (Å²) >= 11 is 0. The van der Waals surface area contributed by atoms with Crippen LogP contribution < -0.4 is 5.32 Å². The second-order valence-corrected chi connectivity index (χ2v) is 12.2. The van der Waals surface area contributed by atoms with Gasteiger partial charge in [0.2, 0.25) is 15.9 Å². The van der Waals surface area contributed by atoms with Crippen molar-refractivity contribution in [1.82, 2.24) is 19.4 Å². The van der Waals surface area contributed by atoms with Crippen LogP contribution in [0.1, 0.15) is 44.9 Å². The van der Waals surface area contributed by atoms with Crippen LogP contribution in [0.3, 0.4) is 0 Å². The van der Waals surface area contributed by atoms with Gasteiger partial charge in [-0.05, 0) is 75.2 Å². The summed E-state index contributed by atoms with van der Waals surface area (Å²) in [6.45, 7) is 2.58. The standard InChI is InChI=1S/C21H34N4O4S/c1-30(28,29)25-8-7-24(21(25)27)6-5-23-4-2-3-18(23)20(26)22-19-16-10-14-9-15(12-16)13-17(19)11-14/h14-19H,2-13H2,1H3,(H,22,26)/t14?,15?,16?,17?,18-,19?/m1/s1. The van der Waals surface area contributed by atoms with E-state index in [0.717, 1.165) is 41.8 Å². The van der Waals surface area contributed by atoms with Gasteiger partial charge in [-0.15, -0.1) is 0 Å². The Bertz CT molecular complexity index is 788. The van der Waals surface area contributed by atoms with Gasteiger partial charge < -0.3 is 10.2 Å². The molecule has 1 N–H and O–H groups in total. The predicted molar refractivity (Wildman–Crippen MR) is 112 cm³/mol. The van der Waals surface area contributed by atoms with E-state index in [-0.39, 0.29) is 18.5 Å². The van der Waals surface area contributed by atoms with Crippen molar-refractivity contribution in [2.75, 3.05) is 39.0 Å². The van der Waals surface area contributed by atoms with E-state index < -0.39 is 16.1 Å². The largest absolute Gasteiger partial charge is 0.351 e. The molecule has 2 aliphatic heterocycles. The van der Waals surface area contributed by atoms with Crippen molar-refractivity contribution in [3.63, 3.8) is 0 Å². The van der Waals surface area contributed by atoms with Gasteiger partial charge in [-0.1, -0.05) is 0 Å². The average Bonchev–Trinajstić information content (AvgIpc) is 3.28. The highest BCUT2D eigenvalue weighted by Gasteiger charge is 2.49. The van der Waals surface area contributed by atoms with E-state index in [4.69, 9.17) is 0 Å². The Labute approximate surface area is 179 Å². The first-order valence-electron chi connectivity index (χ1n) is 11.6. The van der Waals surface area contributed by atoms with Crippen molar-refractivity contribution in [3.05, 3.63) is 0 Å². The van der Waals surface area contributed by atoms with E-state index in [1.54, 1.807) is 4.90 Å². The molecule has 6 fully saturated rings. The Morgan fingerprint density at radius 3 is 2.27 bits per heavy atom. The zero-order valence-electron chi connectivity index (χ0n) is 17.8. The van der Waals surface area contributed by atoms with E-state index >= 15 is 0 Å². The van der Waals surface area contributed by atoms with Crippen LogP contribution >= 0.6 is 0 Å². The van der Waals surface area contributed by atoms with Gasteiger partial charge in [0.15, 0.2) is 0 Å². The highest BCUT2D eigenvalue weighted by molar-refractivity contribution is 7.88. The Hall–Kier alpha value is -1.35. The smallest absolute Gasteiger partial charge is 0.333 e. The zero-order valence-corrected chi connectivity index (χ0v) is 18.6. The first kappa shape index (κ1) is 20.5. The Morgan fingerprint density at radius 1 is 1.00 bits per heavy atom. The number of nitrogens with zero attached hydrogens (tertiary/aromatic N) is 3. The van der Waals surface area contributed by atoms with Gasteiger partial charge in [0, 0.05) is 25.7 Å². The fourth-order valence-corrected chi connectivity index (χ4v) is 7.95. The molecule has 6 rings (SSSR count). The lowest BCUT2D eigenvalue weighted by atomic mass is 9.54. The minimum absolute atomic E-state index is 0.120. The Kier molecular flexibility index (Phi) is 5.24. The van der Waals surface area contributed by atoms with Crippen LogP contribution in [0.2, 0.25) is 0 Å². The van der Waals surface area contributed by atoms with Crippen LogP contribution in [0.4, 0.5) is 4.79 Å². The molecule has 0 radical (unpaired) electrons. The predicted octanol–water partition coefficient (Wildman–Crippen LogP) is 1.09. The van der Waals surface area contributed by atoms with Gasteiger partial charge in [0.05, 0.1) is 18.8 Å². The first-order valence-corrected chi connectivity index (χ1v) is 13.5. The van der Waals surface area contributed by atoms with Crippen molar-refractivity contribution >= 4 is 22.0 Å². The SMILES string of the molecule is CS(=O)(=O)N1CCN(CCN2CCC[C@@H]2C(=O)NC2C3CC4CC(C3)CC2C4)C1=O. The summed E-state index contributed by atoms with van der Waals surface area (Å²) in [6.07, 6.45) is 9.50. The van der Waals surface area contributed by atoms with Crippen molar-refractivity contribution in [3.8, 4) is 0 Å². The molecule has 4 aliphatic carbocycles. The van der Waals surface area contributed by atoms with Crippen LogP contribution in [0.5, 0.6) is 0 Å². The maximum atomic E-state index is 13.2. The maximum Gasteiger partial charge on any atom is 0.333 e. The molecule has 4 bridgehead atoms. The fourth-order valence-electron chi connectivity index (χ4n) is 7.14. The number of carbonyl (C=O) groups is 2. The minimum atomic E-state index is -3.51. The van der Waals surface area contributed by atoms with Gasteiger partial charge in [-0.25, -0.2) is 17.5 Å². The molecule has 0 aromatic carbocycles. The quantitative estimate of drug-likeness (QED) is 0.671. The van der Waals surface area contributed by atoms with Gasteiger partial charge >= 0.3 is 6.03 Å². The summed E-state index contributed by atoms with van der Waals surface area (Å²) in [5, 5.41) is 3.45. The summed E-state index contributed by atoms with van der Waals surface area (Å²) in [5.74, 6) is 3.30. The molecule has 0 spiro atoms. The van der Waals surface area contributed by atoms with E-state index in [9.17, 15) is 18.0 Å². The maximum absolute atomic E-state index is 13.2. The summed E-state index contributed by atoms with van der Waals surface area (Å²) < 4.78 is 24.3. The summed E-state index contributed by atoms with van der Waals surface area (Å²) in [6, 6.07) is -0.201. The third-order valence-corrected chi connectivity index (χ3v) is 9.46. The highest BCUT2D eigenvalue weighted by atomic mass is 32.2. The van der Waals surface area contributed by atoms with Gasteiger partial charge in [0.25, 0.3) is 0 Å². The number of likely N-dealkylation sites (tertiary alicyclic amines) is 1. The molecular weight excluding hydrogens is 404 g/mol. The monoisotopic (exact) mass is 438 g/mol. The fraction of sp³-hybridized carbons (Fsp3) is 0.905. The number of rotatable bonds is 6. The topological polar surface area (TPSA) is 90.0 Å². The summed E-state index contributed by atoms with van der Waals surface area (Å²) in [7, 11) is -3.51. The van der Waals surface area contributed by atoms with Crippen LogP contribution in [0, 0.1) is 23.7 Å². The number of amides is 3. The van der Waals surface area contributed by atoms with Crippen molar-refractivity contribution < 1.29 is 18.0 Å². The zero-order chi connectivity index (χ0) is 21.0. The number of urea groups is 1.